The first-order valence-corrected chi connectivity index (χ1v) is 8.96. The second-order valence-corrected chi connectivity index (χ2v) is 6.73. The van der Waals surface area contributed by atoms with E-state index in [9.17, 15) is 4.79 Å². The molecule has 1 aromatic carbocycles. The summed E-state index contributed by atoms with van der Waals surface area (Å²) in [6, 6.07) is 11.9. The topological polar surface area (TPSA) is 59.2 Å². The number of rotatable bonds is 3. The molecule has 1 atom stereocenters. The lowest BCUT2D eigenvalue weighted by Gasteiger charge is -2.35. The van der Waals surface area contributed by atoms with Crippen LogP contribution in [0.2, 0.25) is 0 Å². The molecule has 2 aromatic heterocycles. The van der Waals surface area contributed by atoms with Gasteiger partial charge in [0.05, 0.1) is 12.2 Å². The van der Waals surface area contributed by atoms with Crippen LogP contribution in [0.3, 0.4) is 0 Å². The van der Waals surface area contributed by atoms with E-state index in [0.717, 1.165) is 42.5 Å². The summed E-state index contributed by atoms with van der Waals surface area (Å²) >= 11 is 0. The molecule has 3 heterocycles. The fraction of sp³-hybridized carbons (Fsp3) is 0.286. The summed E-state index contributed by atoms with van der Waals surface area (Å²) in [4.78, 5) is 19.5. The molecule has 1 unspecified atom stereocenters. The SMILES string of the molecule is Cc1ccc(-c2oncc2C(=O)N2CCCCC2c2cccnc2)cc1. The highest BCUT2D eigenvalue weighted by Crippen LogP contribution is 2.33. The predicted molar refractivity (Wildman–Crippen MR) is 98.5 cm³/mol. The minimum absolute atomic E-state index is 0.0321. The number of nitrogens with zero attached hydrogens (tertiary/aromatic N) is 3. The number of piperidine rings is 1. The van der Waals surface area contributed by atoms with Crippen molar-refractivity contribution in [2.24, 2.45) is 0 Å². The lowest BCUT2D eigenvalue weighted by molar-refractivity contribution is 0.0611. The number of hydrogen-bond acceptors (Lipinski definition) is 4. The van der Waals surface area contributed by atoms with Gasteiger partial charge in [-0.3, -0.25) is 9.78 Å². The predicted octanol–water partition coefficient (Wildman–Crippen LogP) is 4.41. The van der Waals surface area contributed by atoms with E-state index in [1.165, 1.54) is 6.20 Å². The zero-order valence-electron chi connectivity index (χ0n) is 14.8. The molecule has 1 saturated heterocycles. The maximum Gasteiger partial charge on any atom is 0.259 e. The maximum absolute atomic E-state index is 13.3. The van der Waals surface area contributed by atoms with E-state index in [1.807, 2.05) is 54.4 Å². The van der Waals surface area contributed by atoms with Crippen LogP contribution in [-0.2, 0) is 0 Å². The molecule has 0 radical (unpaired) electrons. The van der Waals surface area contributed by atoms with Crippen molar-refractivity contribution in [1.82, 2.24) is 15.0 Å². The third-order valence-electron chi connectivity index (χ3n) is 4.95. The first-order chi connectivity index (χ1) is 12.7. The summed E-state index contributed by atoms with van der Waals surface area (Å²) < 4.78 is 5.43. The van der Waals surface area contributed by atoms with E-state index in [2.05, 4.69) is 10.1 Å². The van der Waals surface area contributed by atoms with Crippen molar-refractivity contribution in [1.29, 1.82) is 0 Å². The van der Waals surface area contributed by atoms with Crippen molar-refractivity contribution >= 4 is 5.91 Å². The van der Waals surface area contributed by atoms with Gasteiger partial charge in [-0.1, -0.05) is 41.1 Å². The smallest absolute Gasteiger partial charge is 0.259 e. The quantitative estimate of drug-likeness (QED) is 0.704. The van der Waals surface area contributed by atoms with E-state index in [1.54, 1.807) is 6.20 Å². The van der Waals surface area contributed by atoms with Gasteiger partial charge in [-0.05, 0) is 37.8 Å². The number of carbonyl (C=O) groups is 1. The molecule has 0 bridgehead atoms. The second-order valence-electron chi connectivity index (χ2n) is 6.73. The van der Waals surface area contributed by atoms with E-state index in [4.69, 9.17) is 4.52 Å². The van der Waals surface area contributed by atoms with Gasteiger partial charge in [-0.25, -0.2) is 0 Å². The van der Waals surface area contributed by atoms with Gasteiger partial charge in [0.2, 0.25) is 0 Å². The van der Waals surface area contributed by atoms with Crippen LogP contribution in [0.1, 0.15) is 46.8 Å². The van der Waals surface area contributed by atoms with Crippen LogP contribution in [0.4, 0.5) is 0 Å². The van der Waals surface area contributed by atoms with Crippen LogP contribution in [-0.4, -0.2) is 27.5 Å². The number of carbonyl (C=O) groups excluding carboxylic acids is 1. The Hall–Kier alpha value is -2.95. The highest BCUT2D eigenvalue weighted by Gasteiger charge is 2.31. The lowest BCUT2D eigenvalue weighted by atomic mass is 9.95. The van der Waals surface area contributed by atoms with E-state index in [-0.39, 0.29) is 11.9 Å². The highest BCUT2D eigenvalue weighted by molar-refractivity contribution is 5.99. The van der Waals surface area contributed by atoms with Crippen LogP contribution >= 0.6 is 0 Å². The molecular formula is C21H21N3O2. The molecule has 4 rings (SSSR count). The maximum atomic E-state index is 13.3. The van der Waals surface area contributed by atoms with Gasteiger partial charge < -0.3 is 9.42 Å². The van der Waals surface area contributed by atoms with Crippen molar-refractivity contribution in [3.63, 3.8) is 0 Å². The van der Waals surface area contributed by atoms with Crippen molar-refractivity contribution in [3.8, 4) is 11.3 Å². The number of hydrogen-bond donors (Lipinski definition) is 0. The Bertz CT molecular complexity index is 887. The first-order valence-electron chi connectivity index (χ1n) is 8.96. The number of pyridine rings is 1. The van der Waals surface area contributed by atoms with Gasteiger partial charge in [0.15, 0.2) is 5.76 Å². The first kappa shape index (κ1) is 16.5. The lowest BCUT2D eigenvalue weighted by Crippen LogP contribution is -2.38. The minimum atomic E-state index is -0.0321. The van der Waals surface area contributed by atoms with Gasteiger partial charge in [0.25, 0.3) is 5.91 Å². The Morgan fingerprint density at radius 3 is 2.77 bits per heavy atom. The molecule has 0 spiro atoms. The van der Waals surface area contributed by atoms with Crippen molar-refractivity contribution in [3.05, 3.63) is 71.7 Å². The van der Waals surface area contributed by atoms with Crippen LogP contribution in [0.5, 0.6) is 0 Å². The van der Waals surface area contributed by atoms with Gasteiger partial charge in [0, 0.05) is 24.5 Å². The van der Waals surface area contributed by atoms with Gasteiger partial charge in [-0.2, -0.15) is 0 Å². The van der Waals surface area contributed by atoms with Gasteiger partial charge in [-0.15, -0.1) is 0 Å². The molecule has 1 fully saturated rings. The summed E-state index contributed by atoms with van der Waals surface area (Å²) in [6.07, 6.45) is 8.21. The summed E-state index contributed by atoms with van der Waals surface area (Å²) in [7, 11) is 0. The second kappa shape index (κ2) is 7.12. The molecule has 1 amide bonds. The molecule has 5 nitrogen and oxygen atoms in total. The van der Waals surface area contributed by atoms with Crippen molar-refractivity contribution in [2.45, 2.75) is 32.2 Å². The standard InChI is InChI=1S/C21H21N3O2/c1-15-7-9-16(10-8-15)20-18(14-23-26-20)21(25)24-12-3-2-6-19(24)17-5-4-11-22-13-17/h4-5,7-11,13-14,19H,2-3,6,12H2,1H3. The number of benzene rings is 1. The minimum Gasteiger partial charge on any atom is -0.355 e. The summed E-state index contributed by atoms with van der Waals surface area (Å²) in [5, 5.41) is 3.90. The highest BCUT2D eigenvalue weighted by atomic mass is 16.5. The van der Waals surface area contributed by atoms with Crippen LogP contribution in [0.25, 0.3) is 11.3 Å². The third-order valence-corrected chi connectivity index (χ3v) is 4.95. The normalized spacial score (nSPS) is 17.3. The van der Waals surface area contributed by atoms with E-state index in [0.29, 0.717) is 11.3 Å². The Labute approximate surface area is 152 Å². The number of likely N-dealkylation sites (tertiary alicyclic amines) is 1. The number of amides is 1. The average molecular weight is 347 g/mol. The largest absolute Gasteiger partial charge is 0.355 e. The number of aryl methyl sites for hydroxylation is 1. The molecular weight excluding hydrogens is 326 g/mol. The number of aromatic nitrogens is 2. The van der Waals surface area contributed by atoms with Gasteiger partial charge >= 0.3 is 0 Å². The summed E-state index contributed by atoms with van der Waals surface area (Å²) in [5.74, 6) is 0.501. The zero-order chi connectivity index (χ0) is 17.9. The molecule has 5 heteroatoms. The van der Waals surface area contributed by atoms with E-state index < -0.39 is 0 Å². The fourth-order valence-electron chi connectivity index (χ4n) is 3.55. The van der Waals surface area contributed by atoms with Crippen LogP contribution in [0.15, 0.2) is 59.5 Å². The Kier molecular flexibility index (Phi) is 4.52. The van der Waals surface area contributed by atoms with E-state index >= 15 is 0 Å². The Morgan fingerprint density at radius 1 is 1.15 bits per heavy atom. The molecule has 3 aromatic rings. The average Bonchev–Trinajstić information content (AvgIpc) is 3.18. The summed E-state index contributed by atoms with van der Waals surface area (Å²) in [5.41, 5.74) is 3.62. The monoisotopic (exact) mass is 347 g/mol. The fourth-order valence-corrected chi connectivity index (χ4v) is 3.55. The molecule has 0 N–H and O–H groups in total. The zero-order valence-corrected chi connectivity index (χ0v) is 14.8. The molecule has 1 aliphatic heterocycles. The Morgan fingerprint density at radius 2 is 2.00 bits per heavy atom. The molecule has 0 aliphatic carbocycles. The van der Waals surface area contributed by atoms with Gasteiger partial charge in [0.1, 0.15) is 5.56 Å². The van der Waals surface area contributed by atoms with Crippen LogP contribution in [0, 0.1) is 6.92 Å². The van der Waals surface area contributed by atoms with Crippen LogP contribution < -0.4 is 0 Å². The Balaban J connectivity index is 1.67. The van der Waals surface area contributed by atoms with Crippen molar-refractivity contribution in [2.75, 3.05) is 6.54 Å². The van der Waals surface area contributed by atoms with Crippen molar-refractivity contribution < 1.29 is 9.32 Å². The summed E-state index contributed by atoms with van der Waals surface area (Å²) in [6.45, 7) is 2.76. The molecule has 1 aliphatic rings. The molecule has 26 heavy (non-hydrogen) atoms. The molecule has 0 saturated carbocycles. The molecule has 132 valence electrons. The third kappa shape index (κ3) is 3.12.